The number of carbonyl (C=O) groups excluding carboxylic acids is 3. The van der Waals surface area contributed by atoms with Crippen molar-refractivity contribution in [1.82, 2.24) is 5.32 Å². The summed E-state index contributed by atoms with van der Waals surface area (Å²) in [5.74, 6) is -1.06. The monoisotopic (exact) mass is 741 g/mol. The van der Waals surface area contributed by atoms with Gasteiger partial charge >= 0.3 is 51.4 Å². The molecule has 49 heavy (non-hydrogen) atoms. The van der Waals surface area contributed by atoms with E-state index in [1.807, 2.05) is 0 Å². The zero-order chi connectivity index (χ0) is 35.4. The summed E-state index contributed by atoms with van der Waals surface area (Å²) in [4.78, 5) is 39.8. The van der Waals surface area contributed by atoms with Crippen LogP contribution in [0.25, 0.3) is 0 Å². The Morgan fingerprint density at radius 2 is 1.24 bits per heavy atom. The van der Waals surface area contributed by atoms with Crippen LogP contribution in [0, 0.1) is 5.41 Å². The molecule has 2 aromatic carbocycles. The molecule has 1 atom stereocenters. The molecule has 1 unspecified atom stereocenters. The van der Waals surface area contributed by atoms with Gasteiger partial charge in [-0.1, -0.05) is 130 Å². The van der Waals surface area contributed by atoms with Crippen LogP contribution in [0.4, 0.5) is 5.69 Å². The molecule has 0 spiro atoms. The molecule has 3 N–H and O–H groups in total. The number of carbonyl (C=O) groups is 3. The van der Waals surface area contributed by atoms with Gasteiger partial charge in [0.15, 0.2) is 5.78 Å². The average molecular weight is 742 g/mol. The van der Waals surface area contributed by atoms with Crippen LogP contribution in [-0.2, 0) is 19.7 Å². The van der Waals surface area contributed by atoms with E-state index in [0.717, 1.165) is 24.6 Å². The van der Waals surface area contributed by atoms with Crippen LogP contribution >= 0.6 is 11.8 Å². The number of ketones is 1. The SMILES string of the molecule is CCCCCCCCCCCCCCCCCCNC(=O)c1cccc(SC(C(=O)Nc2ccc(S(=O)(=O)O)cc2)C(=O)C(C)(C)C)c1.[K+]. The standard InChI is InChI=1S/C38H58N2O6S2.K/c1-5-6-7-8-9-10-11-12-13-14-15-16-17-18-19-20-28-39-36(42)30-22-21-23-32(29-30)47-34(35(41)38(2,3)4)37(43)40-31-24-26-33(27-25-31)48(44,45)46;/h21-27,29,34H,5-20,28H2,1-4H3,(H,39,42)(H,40,43)(H,44,45,46);/q;+1. The number of thioether (sulfide) groups is 1. The number of hydrogen-bond donors (Lipinski definition) is 3. The molecule has 2 aromatic rings. The van der Waals surface area contributed by atoms with Crippen molar-refractivity contribution < 1.29 is 78.7 Å². The van der Waals surface area contributed by atoms with Crippen LogP contribution in [0.5, 0.6) is 0 Å². The number of anilines is 1. The van der Waals surface area contributed by atoms with Crippen LogP contribution in [0.3, 0.4) is 0 Å². The van der Waals surface area contributed by atoms with E-state index in [-0.39, 0.29) is 73.7 Å². The molecule has 0 aliphatic rings. The summed E-state index contributed by atoms with van der Waals surface area (Å²) >= 11 is 1.06. The van der Waals surface area contributed by atoms with E-state index in [9.17, 15) is 27.4 Å². The Labute approximate surface area is 342 Å². The summed E-state index contributed by atoms with van der Waals surface area (Å²) in [5.41, 5.74) is -0.0761. The second kappa shape index (κ2) is 25.0. The normalized spacial score (nSPS) is 12.2. The maximum atomic E-state index is 13.3. The number of Topliss-reactive ketones (excluding diaryl/α,β-unsaturated/α-hetero) is 1. The summed E-state index contributed by atoms with van der Waals surface area (Å²) in [6.07, 6.45) is 20.8. The van der Waals surface area contributed by atoms with Crippen molar-refractivity contribution in [3.05, 3.63) is 54.1 Å². The number of benzene rings is 2. The molecule has 0 aliphatic heterocycles. The zero-order valence-corrected chi connectivity index (χ0v) is 35.3. The van der Waals surface area contributed by atoms with E-state index in [2.05, 4.69) is 17.6 Å². The largest absolute Gasteiger partial charge is 1.00 e. The summed E-state index contributed by atoms with van der Waals surface area (Å²) in [6.45, 7) is 8.07. The van der Waals surface area contributed by atoms with Gasteiger partial charge in [0, 0.05) is 28.1 Å². The van der Waals surface area contributed by atoms with E-state index in [1.165, 1.54) is 114 Å². The molecular formula is C38H58KN2O6S2+. The van der Waals surface area contributed by atoms with E-state index in [4.69, 9.17) is 0 Å². The van der Waals surface area contributed by atoms with Gasteiger partial charge in [0.2, 0.25) is 5.91 Å². The molecule has 0 fully saturated rings. The molecular weight excluding hydrogens is 684 g/mol. The third-order valence-electron chi connectivity index (χ3n) is 8.30. The van der Waals surface area contributed by atoms with Gasteiger partial charge in [-0.2, -0.15) is 8.42 Å². The summed E-state index contributed by atoms with van der Waals surface area (Å²) in [7, 11) is -4.37. The van der Waals surface area contributed by atoms with Crippen LogP contribution in [-0.4, -0.2) is 42.4 Å². The van der Waals surface area contributed by atoms with Crippen molar-refractivity contribution >= 4 is 45.2 Å². The average Bonchev–Trinajstić information content (AvgIpc) is 3.04. The molecule has 0 heterocycles. The molecule has 2 rings (SSSR count). The predicted octanol–water partition coefficient (Wildman–Crippen LogP) is 6.64. The molecule has 0 bridgehead atoms. The second-order valence-corrected chi connectivity index (χ2v) is 16.3. The Balaban J connectivity index is 0.0000120. The molecule has 268 valence electrons. The van der Waals surface area contributed by atoms with Crippen LogP contribution in [0.2, 0.25) is 0 Å². The topological polar surface area (TPSA) is 130 Å². The summed E-state index contributed by atoms with van der Waals surface area (Å²) in [5, 5.41) is 4.54. The molecule has 8 nitrogen and oxygen atoms in total. The quantitative estimate of drug-likeness (QED) is 0.0362. The molecule has 0 saturated carbocycles. The second-order valence-electron chi connectivity index (χ2n) is 13.7. The van der Waals surface area contributed by atoms with Crippen molar-refractivity contribution in [2.45, 2.75) is 145 Å². The van der Waals surface area contributed by atoms with E-state index in [1.54, 1.807) is 45.0 Å². The first kappa shape index (κ1) is 46.0. The molecule has 0 aromatic heterocycles. The number of rotatable bonds is 24. The molecule has 11 heteroatoms. The molecule has 0 radical (unpaired) electrons. The first-order chi connectivity index (χ1) is 22.8. The minimum Gasteiger partial charge on any atom is -0.352 e. The number of unbranched alkanes of at least 4 members (excludes halogenated alkanes) is 15. The number of hydrogen-bond acceptors (Lipinski definition) is 6. The first-order valence-electron chi connectivity index (χ1n) is 17.8. The summed E-state index contributed by atoms with van der Waals surface area (Å²) in [6, 6.07) is 11.9. The minimum absolute atomic E-state index is 0. The van der Waals surface area contributed by atoms with Gasteiger partial charge in [-0.3, -0.25) is 18.9 Å². The zero-order valence-electron chi connectivity index (χ0n) is 30.5. The van der Waals surface area contributed by atoms with E-state index < -0.39 is 26.7 Å². The van der Waals surface area contributed by atoms with Crippen molar-refractivity contribution in [1.29, 1.82) is 0 Å². The molecule has 0 saturated heterocycles. The van der Waals surface area contributed by atoms with Crippen molar-refractivity contribution in [2.24, 2.45) is 5.41 Å². The van der Waals surface area contributed by atoms with Gasteiger partial charge in [-0.25, -0.2) is 0 Å². The fraction of sp³-hybridized carbons (Fsp3) is 0.605. The van der Waals surface area contributed by atoms with Crippen molar-refractivity contribution in [2.75, 3.05) is 11.9 Å². The number of nitrogens with one attached hydrogen (secondary N) is 2. The Hall–Kier alpha value is -1.05. The van der Waals surface area contributed by atoms with Crippen LogP contribution in [0.15, 0.2) is 58.3 Å². The van der Waals surface area contributed by atoms with Gasteiger partial charge in [-0.15, -0.1) is 11.8 Å². The Kier molecular flexibility index (Phi) is 23.5. The molecule has 2 amide bonds. The van der Waals surface area contributed by atoms with Gasteiger partial charge in [0.1, 0.15) is 5.25 Å². The van der Waals surface area contributed by atoms with Gasteiger partial charge in [-0.05, 0) is 48.9 Å². The third-order valence-corrected chi connectivity index (χ3v) is 10.4. The fourth-order valence-corrected chi connectivity index (χ4v) is 7.09. The Morgan fingerprint density at radius 1 is 0.755 bits per heavy atom. The van der Waals surface area contributed by atoms with Gasteiger partial charge in [0.25, 0.3) is 16.0 Å². The summed E-state index contributed by atoms with van der Waals surface area (Å²) < 4.78 is 31.9. The fourth-order valence-electron chi connectivity index (χ4n) is 5.36. The third kappa shape index (κ3) is 19.4. The maximum Gasteiger partial charge on any atom is 1.00 e. The van der Waals surface area contributed by atoms with E-state index in [0.29, 0.717) is 17.0 Å². The first-order valence-corrected chi connectivity index (χ1v) is 20.1. The van der Waals surface area contributed by atoms with Crippen LogP contribution < -0.4 is 62.0 Å². The Morgan fingerprint density at radius 3 is 1.71 bits per heavy atom. The van der Waals surface area contributed by atoms with Crippen molar-refractivity contribution in [3.63, 3.8) is 0 Å². The van der Waals surface area contributed by atoms with Crippen molar-refractivity contribution in [3.8, 4) is 0 Å². The van der Waals surface area contributed by atoms with E-state index >= 15 is 0 Å². The Bertz CT molecular complexity index is 1380. The number of amides is 2. The predicted molar refractivity (Wildman–Crippen MR) is 197 cm³/mol. The smallest absolute Gasteiger partial charge is 0.352 e. The van der Waals surface area contributed by atoms with Gasteiger partial charge < -0.3 is 10.6 Å². The molecule has 0 aliphatic carbocycles. The van der Waals surface area contributed by atoms with Gasteiger partial charge in [0.05, 0.1) is 4.90 Å². The maximum absolute atomic E-state index is 13.3. The van der Waals surface area contributed by atoms with Crippen LogP contribution in [0.1, 0.15) is 141 Å². The minimum atomic E-state index is -4.37.